The Balaban J connectivity index is 2.15. The molecule has 1 rings (SSSR count). The number of carbonyl (C=O) groups excluding carboxylic acids is 1. The van der Waals surface area contributed by atoms with Gasteiger partial charge in [0, 0.05) is 12.5 Å². The van der Waals surface area contributed by atoms with Crippen molar-refractivity contribution in [2.75, 3.05) is 6.61 Å². The second kappa shape index (κ2) is 7.75. The van der Waals surface area contributed by atoms with E-state index in [9.17, 15) is 4.79 Å². The predicted octanol–water partition coefficient (Wildman–Crippen LogP) is 3.07. The highest BCUT2D eigenvalue weighted by Gasteiger charge is 2.04. The molecule has 0 aliphatic rings. The lowest BCUT2D eigenvalue weighted by Gasteiger charge is -2.11. The molecule has 0 spiro atoms. The molecule has 0 bridgehead atoms. The van der Waals surface area contributed by atoms with E-state index in [1.54, 1.807) is 0 Å². The van der Waals surface area contributed by atoms with Crippen molar-refractivity contribution in [2.24, 2.45) is 0 Å². The van der Waals surface area contributed by atoms with Gasteiger partial charge in [-0.3, -0.25) is 4.79 Å². The van der Waals surface area contributed by atoms with Crippen molar-refractivity contribution >= 4 is 5.91 Å². The highest BCUT2D eigenvalue weighted by atomic mass is 16.5. The fourth-order valence-electron chi connectivity index (χ4n) is 1.51. The van der Waals surface area contributed by atoms with Crippen molar-refractivity contribution in [3.8, 4) is 5.75 Å². The molecule has 0 saturated carbocycles. The standard InChI is InChI=1S/C15H23NO2/c1-4-13(3)16-15(17)6-5-11-18-14-9-7-12(2)8-10-14/h7-10,13H,4-6,11H2,1-3H3,(H,16,17)/t13-/m0/s1. The first-order valence-electron chi connectivity index (χ1n) is 6.60. The van der Waals surface area contributed by atoms with Gasteiger partial charge in [0.1, 0.15) is 5.75 Å². The number of rotatable bonds is 7. The highest BCUT2D eigenvalue weighted by molar-refractivity contribution is 5.76. The summed E-state index contributed by atoms with van der Waals surface area (Å²) >= 11 is 0. The summed E-state index contributed by atoms with van der Waals surface area (Å²) in [6.45, 7) is 6.70. The Morgan fingerprint density at radius 3 is 2.61 bits per heavy atom. The Kier molecular flexibility index (Phi) is 6.26. The summed E-state index contributed by atoms with van der Waals surface area (Å²) in [5.41, 5.74) is 1.22. The van der Waals surface area contributed by atoms with Crippen LogP contribution in [0, 0.1) is 6.92 Å². The molecule has 1 N–H and O–H groups in total. The van der Waals surface area contributed by atoms with Crippen molar-refractivity contribution in [1.82, 2.24) is 5.32 Å². The number of hydrogen-bond acceptors (Lipinski definition) is 2. The zero-order chi connectivity index (χ0) is 13.4. The fourth-order valence-corrected chi connectivity index (χ4v) is 1.51. The molecule has 18 heavy (non-hydrogen) atoms. The Bertz CT molecular complexity index is 359. The van der Waals surface area contributed by atoms with Crippen LogP contribution in [0.1, 0.15) is 38.7 Å². The van der Waals surface area contributed by atoms with Gasteiger partial charge in [-0.15, -0.1) is 0 Å². The van der Waals surface area contributed by atoms with Gasteiger partial charge in [0.05, 0.1) is 6.61 Å². The molecule has 0 unspecified atom stereocenters. The van der Waals surface area contributed by atoms with E-state index in [1.807, 2.05) is 38.1 Å². The van der Waals surface area contributed by atoms with Gasteiger partial charge in [-0.2, -0.15) is 0 Å². The van der Waals surface area contributed by atoms with Crippen LogP contribution in [0.2, 0.25) is 0 Å². The third-order valence-corrected chi connectivity index (χ3v) is 2.86. The smallest absolute Gasteiger partial charge is 0.220 e. The molecule has 1 amide bonds. The quantitative estimate of drug-likeness (QED) is 0.754. The van der Waals surface area contributed by atoms with Gasteiger partial charge in [-0.05, 0) is 38.8 Å². The Hall–Kier alpha value is -1.51. The number of amides is 1. The van der Waals surface area contributed by atoms with Crippen LogP contribution in [0.3, 0.4) is 0 Å². The lowest BCUT2D eigenvalue weighted by Crippen LogP contribution is -2.31. The molecule has 1 aromatic rings. The van der Waals surface area contributed by atoms with Crippen molar-refractivity contribution in [3.05, 3.63) is 29.8 Å². The summed E-state index contributed by atoms with van der Waals surface area (Å²) in [4.78, 5) is 11.5. The van der Waals surface area contributed by atoms with Crippen LogP contribution in [0.15, 0.2) is 24.3 Å². The van der Waals surface area contributed by atoms with Crippen LogP contribution in [0.25, 0.3) is 0 Å². The van der Waals surface area contributed by atoms with Gasteiger partial charge in [0.25, 0.3) is 0 Å². The molecule has 3 nitrogen and oxygen atoms in total. The van der Waals surface area contributed by atoms with Gasteiger partial charge in [0.15, 0.2) is 0 Å². The maximum atomic E-state index is 11.5. The normalized spacial score (nSPS) is 11.9. The highest BCUT2D eigenvalue weighted by Crippen LogP contribution is 2.11. The summed E-state index contributed by atoms with van der Waals surface area (Å²) in [6, 6.07) is 8.20. The monoisotopic (exact) mass is 249 g/mol. The minimum absolute atomic E-state index is 0.108. The van der Waals surface area contributed by atoms with Gasteiger partial charge < -0.3 is 10.1 Å². The molecule has 0 fully saturated rings. The fraction of sp³-hybridized carbons (Fsp3) is 0.533. The van der Waals surface area contributed by atoms with E-state index in [4.69, 9.17) is 4.74 Å². The van der Waals surface area contributed by atoms with E-state index in [2.05, 4.69) is 12.2 Å². The first-order valence-corrected chi connectivity index (χ1v) is 6.60. The average molecular weight is 249 g/mol. The van der Waals surface area contributed by atoms with E-state index in [-0.39, 0.29) is 11.9 Å². The van der Waals surface area contributed by atoms with Gasteiger partial charge in [-0.1, -0.05) is 24.6 Å². The number of ether oxygens (including phenoxy) is 1. The number of nitrogens with one attached hydrogen (secondary N) is 1. The molecule has 0 heterocycles. The second-order valence-corrected chi connectivity index (χ2v) is 4.64. The number of benzene rings is 1. The van der Waals surface area contributed by atoms with Crippen LogP contribution in [0.4, 0.5) is 0 Å². The minimum Gasteiger partial charge on any atom is -0.494 e. The molecule has 0 saturated heterocycles. The maximum Gasteiger partial charge on any atom is 0.220 e. The Morgan fingerprint density at radius 2 is 2.00 bits per heavy atom. The van der Waals surface area contributed by atoms with E-state index in [0.29, 0.717) is 13.0 Å². The lowest BCUT2D eigenvalue weighted by molar-refractivity contribution is -0.121. The minimum atomic E-state index is 0.108. The summed E-state index contributed by atoms with van der Waals surface area (Å²) < 4.78 is 5.56. The summed E-state index contributed by atoms with van der Waals surface area (Å²) in [7, 11) is 0. The molecule has 3 heteroatoms. The van der Waals surface area contributed by atoms with Crippen molar-refractivity contribution in [3.63, 3.8) is 0 Å². The van der Waals surface area contributed by atoms with E-state index >= 15 is 0 Å². The third kappa shape index (κ3) is 5.71. The Morgan fingerprint density at radius 1 is 1.33 bits per heavy atom. The summed E-state index contributed by atoms with van der Waals surface area (Å²) in [5.74, 6) is 0.972. The second-order valence-electron chi connectivity index (χ2n) is 4.64. The van der Waals surface area contributed by atoms with E-state index in [1.165, 1.54) is 5.56 Å². The molecule has 1 atom stereocenters. The SMILES string of the molecule is CC[C@H](C)NC(=O)CCCOc1ccc(C)cc1. The van der Waals surface area contributed by atoms with Crippen molar-refractivity contribution in [1.29, 1.82) is 0 Å². The van der Waals surface area contributed by atoms with Gasteiger partial charge in [-0.25, -0.2) is 0 Å². The first kappa shape index (κ1) is 14.6. The van der Waals surface area contributed by atoms with Crippen molar-refractivity contribution in [2.45, 2.75) is 46.1 Å². The topological polar surface area (TPSA) is 38.3 Å². The molecule has 0 aliphatic carbocycles. The van der Waals surface area contributed by atoms with Gasteiger partial charge in [0.2, 0.25) is 5.91 Å². The van der Waals surface area contributed by atoms with Crippen LogP contribution in [0.5, 0.6) is 5.75 Å². The van der Waals surface area contributed by atoms with Crippen LogP contribution in [-0.2, 0) is 4.79 Å². The lowest BCUT2D eigenvalue weighted by atomic mass is 10.2. The largest absolute Gasteiger partial charge is 0.494 e. The number of hydrogen-bond donors (Lipinski definition) is 1. The molecule has 100 valence electrons. The predicted molar refractivity (Wildman–Crippen MR) is 73.8 cm³/mol. The average Bonchev–Trinajstić information content (AvgIpc) is 2.36. The van der Waals surface area contributed by atoms with Gasteiger partial charge >= 0.3 is 0 Å². The van der Waals surface area contributed by atoms with E-state index in [0.717, 1.165) is 18.6 Å². The summed E-state index contributed by atoms with van der Waals surface area (Å²) in [5, 5.41) is 2.94. The first-order chi connectivity index (χ1) is 8.61. The molecular weight excluding hydrogens is 226 g/mol. The number of carbonyl (C=O) groups is 1. The zero-order valence-corrected chi connectivity index (χ0v) is 11.5. The van der Waals surface area contributed by atoms with Crippen LogP contribution >= 0.6 is 0 Å². The molecule has 0 aromatic heterocycles. The molecule has 0 radical (unpaired) electrons. The summed E-state index contributed by atoms with van der Waals surface area (Å²) in [6.07, 6.45) is 2.23. The zero-order valence-electron chi connectivity index (χ0n) is 11.5. The maximum absolute atomic E-state index is 11.5. The molecular formula is C15H23NO2. The van der Waals surface area contributed by atoms with E-state index < -0.39 is 0 Å². The number of aryl methyl sites for hydroxylation is 1. The molecule has 0 aliphatic heterocycles. The van der Waals surface area contributed by atoms with Crippen molar-refractivity contribution < 1.29 is 9.53 Å². The Labute approximate surface area is 110 Å². The third-order valence-electron chi connectivity index (χ3n) is 2.86. The molecule has 1 aromatic carbocycles. The van der Waals surface area contributed by atoms with Crippen LogP contribution < -0.4 is 10.1 Å². The van der Waals surface area contributed by atoms with Crippen LogP contribution in [-0.4, -0.2) is 18.6 Å².